The minimum atomic E-state index is -3.66. The van der Waals surface area contributed by atoms with E-state index in [2.05, 4.69) is 5.32 Å². The topological polar surface area (TPSA) is 66.5 Å². The van der Waals surface area contributed by atoms with Crippen LogP contribution in [0.3, 0.4) is 0 Å². The first-order valence-corrected chi connectivity index (χ1v) is 10.9. The van der Waals surface area contributed by atoms with E-state index in [0.717, 1.165) is 16.8 Å². The minimum absolute atomic E-state index is 0.209. The molecule has 1 N–H and O–H groups in total. The number of rotatable bonds is 4. The molecule has 3 aromatic carbocycles. The van der Waals surface area contributed by atoms with Crippen molar-refractivity contribution in [2.45, 2.75) is 31.2 Å². The van der Waals surface area contributed by atoms with Crippen LogP contribution in [0.4, 0.5) is 11.4 Å². The predicted molar refractivity (Wildman–Crippen MR) is 115 cm³/mol. The van der Waals surface area contributed by atoms with Gasteiger partial charge in [0.25, 0.3) is 15.9 Å². The average molecular weight is 407 g/mol. The Labute approximate surface area is 171 Å². The normalized spacial score (nSPS) is 15.8. The lowest BCUT2D eigenvalue weighted by atomic mass is 10.1. The largest absolute Gasteiger partial charge is 0.322 e. The third-order valence-corrected chi connectivity index (χ3v) is 7.13. The van der Waals surface area contributed by atoms with Gasteiger partial charge in [-0.2, -0.15) is 0 Å². The molecule has 0 aromatic heterocycles. The molecule has 4 rings (SSSR count). The van der Waals surface area contributed by atoms with E-state index in [1.165, 1.54) is 4.31 Å². The molecule has 0 bridgehead atoms. The third kappa shape index (κ3) is 3.51. The van der Waals surface area contributed by atoms with Crippen LogP contribution in [0.1, 0.15) is 28.4 Å². The molecular formula is C23H22N2O3S. The maximum atomic E-state index is 13.2. The summed E-state index contributed by atoms with van der Waals surface area (Å²) in [5, 5.41) is 2.93. The summed E-state index contributed by atoms with van der Waals surface area (Å²) in [6.07, 6.45) is 0.562. The van der Waals surface area contributed by atoms with E-state index < -0.39 is 10.0 Å². The molecule has 1 aliphatic rings. The van der Waals surface area contributed by atoms with Gasteiger partial charge in [0.2, 0.25) is 0 Å². The van der Waals surface area contributed by atoms with Crippen molar-refractivity contribution in [1.29, 1.82) is 0 Å². The molecule has 1 atom stereocenters. The first kappa shape index (κ1) is 19.2. The molecule has 0 unspecified atom stereocenters. The fourth-order valence-electron chi connectivity index (χ4n) is 3.72. The number of anilines is 2. The van der Waals surface area contributed by atoms with Crippen LogP contribution in [-0.2, 0) is 16.4 Å². The zero-order chi connectivity index (χ0) is 20.6. The number of carbonyl (C=O) groups excluding carboxylic acids is 1. The summed E-state index contributed by atoms with van der Waals surface area (Å²) in [4.78, 5) is 13.0. The van der Waals surface area contributed by atoms with Gasteiger partial charge in [0.05, 0.1) is 10.6 Å². The molecule has 5 nitrogen and oxygen atoms in total. The van der Waals surface area contributed by atoms with Gasteiger partial charge in [0.1, 0.15) is 0 Å². The van der Waals surface area contributed by atoms with Crippen LogP contribution in [0.25, 0.3) is 0 Å². The zero-order valence-corrected chi connectivity index (χ0v) is 17.1. The number of nitrogens with zero attached hydrogens (tertiary/aromatic N) is 1. The molecule has 0 spiro atoms. The highest BCUT2D eigenvalue weighted by atomic mass is 32.2. The van der Waals surface area contributed by atoms with Crippen molar-refractivity contribution in [3.63, 3.8) is 0 Å². The van der Waals surface area contributed by atoms with Gasteiger partial charge in [-0.25, -0.2) is 8.42 Å². The summed E-state index contributed by atoms with van der Waals surface area (Å²) in [5.41, 5.74) is 3.75. The molecule has 0 aliphatic carbocycles. The number of aryl methyl sites for hydroxylation is 1. The van der Waals surface area contributed by atoms with Crippen LogP contribution < -0.4 is 9.62 Å². The molecule has 0 radical (unpaired) electrons. The van der Waals surface area contributed by atoms with E-state index in [1.54, 1.807) is 48.5 Å². The predicted octanol–water partition coefficient (Wildman–Crippen LogP) is 4.39. The highest BCUT2D eigenvalue weighted by molar-refractivity contribution is 7.92. The van der Waals surface area contributed by atoms with Gasteiger partial charge in [-0.1, -0.05) is 36.4 Å². The van der Waals surface area contributed by atoms with Crippen molar-refractivity contribution < 1.29 is 13.2 Å². The Morgan fingerprint density at radius 2 is 1.69 bits per heavy atom. The summed E-state index contributed by atoms with van der Waals surface area (Å²) < 4.78 is 27.8. The average Bonchev–Trinajstić information content (AvgIpc) is 3.06. The number of amides is 1. The molecule has 1 heterocycles. The van der Waals surface area contributed by atoms with Crippen molar-refractivity contribution in [3.8, 4) is 0 Å². The van der Waals surface area contributed by atoms with Crippen LogP contribution in [-0.4, -0.2) is 20.4 Å². The monoisotopic (exact) mass is 406 g/mol. The van der Waals surface area contributed by atoms with Crippen molar-refractivity contribution in [1.82, 2.24) is 0 Å². The highest BCUT2D eigenvalue weighted by Gasteiger charge is 2.36. The number of sulfonamides is 1. The molecule has 6 heteroatoms. The summed E-state index contributed by atoms with van der Waals surface area (Å²) in [6, 6.07) is 21.0. The van der Waals surface area contributed by atoms with Crippen LogP contribution in [0, 0.1) is 6.92 Å². The van der Waals surface area contributed by atoms with Crippen LogP contribution >= 0.6 is 0 Å². The second-order valence-corrected chi connectivity index (χ2v) is 9.09. The van der Waals surface area contributed by atoms with Gasteiger partial charge in [-0.3, -0.25) is 9.10 Å². The van der Waals surface area contributed by atoms with Crippen molar-refractivity contribution in [3.05, 3.63) is 89.5 Å². The highest BCUT2D eigenvalue weighted by Crippen LogP contribution is 2.37. The summed E-state index contributed by atoms with van der Waals surface area (Å²) >= 11 is 0. The maximum absolute atomic E-state index is 13.2. The van der Waals surface area contributed by atoms with E-state index in [9.17, 15) is 13.2 Å². The van der Waals surface area contributed by atoms with Crippen LogP contribution in [0.15, 0.2) is 77.7 Å². The van der Waals surface area contributed by atoms with Gasteiger partial charge in [-0.05, 0) is 67.8 Å². The van der Waals surface area contributed by atoms with E-state index in [1.807, 2.05) is 38.1 Å². The van der Waals surface area contributed by atoms with Gasteiger partial charge >= 0.3 is 0 Å². The molecule has 29 heavy (non-hydrogen) atoms. The molecule has 0 saturated carbocycles. The second kappa shape index (κ2) is 7.37. The number of carbonyl (C=O) groups is 1. The first-order valence-electron chi connectivity index (χ1n) is 9.47. The molecule has 1 aliphatic heterocycles. The molecular weight excluding hydrogens is 384 g/mol. The lowest BCUT2D eigenvalue weighted by Gasteiger charge is -2.24. The number of hydrogen-bond acceptors (Lipinski definition) is 3. The van der Waals surface area contributed by atoms with Gasteiger partial charge in [0.15, 0.2) is 0 Å². The maximum Gasteiger partial charge on any atom is 0.264 e. The summed E-state index contributed by atoms with van der Waals surface area (Å²) in [5.74, 6) is -0.209. The molecule has 1 amide bonds. The Hall–Kier alpha value is -3.12. The Morgan fingerprint density at radius 3 is 2.41 bits per heavy atom. The number of fused-ring (bicyclic) bond motifs is 1. The smallest absolute Gasteiger partial charge is 0.264 e. The van der Waals surface area contributed by atoms with Crippen molar-refractivity contribution >= 4 is 27.3 Å². The lowest BCUT2D eigenvalue weighted by molar-refractivity contribution is 0.102. The third-order valence-electron chi connectivity index (χ3n) is 5.19. The Morgan fingerprint density at radius 1 is 1.00 bits per heavy atom. The first-order chi connectivity index (χ1) is 13.9. The molecule has 0 saturated heterocycles. The van der Waals surface area contributed by atoms with E-state index in [0.29, 0.717) is 17.7 Å². The van der Waals surface area contributed by atoms with Crippen molar-refractivity contribution in [2.24, 2.45) is 0 Å². The Kier molecular flexibility index (Phi) is 4.88. The van der Waals surface area contributed by atoms with E-state index >= 15 is 0 Å². The standard InChI is InChI=1S/C23H22N2O3S/c1-16-8-6-7-11-21(16)24-23(26)18-12-13-22-19(15-18)14-17(2)25(22)29(27,28)20-9-4-3-5-10-20/h3-13,15,17H,14H2,1-2H3,(H,24,26)/t17-/m1/s1. The van der Waals surface area contributed by atoms with Crippen molar-refractivity contribution in [2.75, 3.05) is 9.62 Å². The lowest BCUT2D eigenvalue weighted by Crippen LogP contribution is -2.35. The fraction of sp³-hybridized carbons (Fsp3) is 0.174. The minimum Gasteiger partial charge on any atom is -0.322 e. The van der Waals surface area contributed by atoms with Crippen LogP contribution in [0.5, 0.6) is 0 Å². The number of para-hydroxylation sites is 1. The number of hydrogen-bond donors (Lipinski definition) is 1. The second-order valence-electron chi connectivity index (χ2n) is 7.28. The molecule has 0 fully saturated rings. The summed E-state index contributed by atoms with van der Waals surface area (Å²) in [6.45, 7) is 3.82. The molecule has 148 valence electrons. The zero-order valence-electron chi connectivity index (χ0n) is 16.3. The summed E-state index contributed by atoms with van der Waals surface area (Å²) in [7, 11) is -3.66. The van der Waals surface area contributed by atoms with E-state index in [4.69, 9.17) is 0 Å². The molecule has 3 aromatic rings. The Balaban J connectivity index is 1.65. The number of benzene rings is 3. The number of nitrogens with one attached hydrogen (secondary N) is 1. The van der Waals surface area contributed by atoms with Gasteiger partial charge in [-0.15, -0.1) is 0 Å². The Bertz CT molecular complexity index is 1170. The van der Waals surface area contributed by atoms with E-state index in [-0.39, 0.29) is 16.8 Å². The quantitative estimate of drug-likeness (QED) is 0.699. The van der Waals surface area contributed by atoms with Gasteiger partial charge < -0.3 is 5.32 Å². The SMILES string of the molecule is Cc1ccccc1NC(=O)c1ccc2c(c1)C[C@@H](C)N2S(=O)(=O)c1ccccc1. The fourth-order valence-corrected chi connectivity index (χ4v) is 5.44. The van der Waals surface area contributed by atoms with Gasteiger partial charge in [0, 0.05) is 17.3 Å². The van der Waals surface area contributed by atoms with Crippen LogP contribution in [0.2, 0.25) is 0 Å².